The molecule has 0 atom stereocenters. The van der Waals surface area contributed by atoms with Crippen LogP contribution in [0, 0.1) is 31.6 Å². The summed E-state index contributed by atoms with van der Waals surface area (Å²) in [6.45, 7) is 3.67. The van der Waals surface area contributed by atoms with Gasteiger partial charge in [0.25, 0.3) is 0 Å². The van der Waals surface area contributed by atoms with Crippen LogP contribution >= 0.6 is 23.2 Å². The van der Waals surface area contributed by atoms with Crippen molar-refractivity contribution in [1.82, 2.24) is 39.7 Å². The minimum atomic E-state index is -3.95. The molecule has 0 saturated heterocycles. The maximum Gasteiger partial charge on any atom is 0.309 e. The van der Waals surface area contributed by atoms with Crippen LogP contribution in [0.3, 0.4) is 0 Å². The summed E-state index contributed by atoms with van der Waals surface area (Å²) in [5.41, 5.74) is 9.87. The predicted molar refractivity (Wildman–Crippen MR) is 327 cm³/mol. The van der Waals surface area contributed by atoms with Crippen LogP contribution in [0.5, 0.6) is 11.8 Å². The fourth-order valence-electron chi connectivity index (χ4n) is 10.4. The van der Waals surface area contributed by atoms with Crippen LogP contribution in [0.25, 0.3) is 44.1 Å². The van der Waals surface area contributed by atoms with Crippen LogP contribution in [0.15, 0.2) is 107 Å². The molecule has 10 rings (SSSR count). The molecule has 2 aliphatic carbocycles. The Morgan fingerprint density at radius 1 is 0.595 bits per heavy atom. The van der Waals surface area contributed by atoms with E-state index < -0.39 is 48.9 Å². The SMILES string of the molecule is C.CN(C)C1CCC(N)CC1.COc1nc(CS(=O)(=O)c2ccccc2Cl)c(F)cc1-c1cc(C)c2nc(F)ncc2c1.COc1nc(CS(=O)(=O)c2ccccc2Cl)c(F)cc1-c1cc(C)c2nc(NC3CCC(N(C)C)CC3)ncc2c1. The second-order valence-electron chi connectivity index (χ2n) is 21.3. The molecule has 4 heterocycles. The molecule has 23 heteroatoms. The lowest BCUT2D eigenvalue weighted by Gasteiger charge is -2.32. The summed E-state index contributed by atoms with van der Waals surface area (Å²) in [5.74, 6) is -2.17. The number of sulfone groups is 2. The van der Waals surface area contributed by atoms with Gasteiger partial charge in [0.2, 0.25) is 17.7 Å². The lowest BCUT2D eigenvalue weighted by molar-refractivity contribution is 0.217. The molecule has 84 heavy (non-hydrogen) atoms. The Labute approximate surface area is 500 Å². The Morgan fingerprint density at radius 2 is 1.01 bits per heavy atom. The standard InChI is InChI=1S/C30H33ClFN5O3S.C22H16ClF2N3O3S.C8H18N2.CH4/c1-18-13-19(14-20-16-33-30(36-28(18)20)34-21-9-11-22(12-10-21)37(2)3)23-15-25(32)26(35-29(23)40-4)17-41(38,39)27-8-6-5-7-24(27)31;1-12-7-13(8-14-10-26-22(25)28-20(12)14)15-9-17(24)18(27-21(15)31-2)11-32(29,30)19-6-4-3-5-16(19)23;1-10(2)8-5-3-7(9)4-6-8;/h5-8,13-16,21-22H,9-12,17H2,1-4H3,(H,33,34,36);3-10H,11H2,1-2H3;7-8H,3-6,9H2,1-2H3;1H4. The van der Waals surface area contributed by atoms with Crippen molar-refractivity contribution in [2.24, 2.45) is 5.73 Å². The number of benzene rings is 4. The van der Waals surface area contributed by atoms with Crippen molar-refractivity contribution in [3.05, 3.63) is 148 Å². The molecule has 0 aliphatic heterocycles. The lowest BCUT2D eigenvalue weighted by Crippen LogP contribution is -2.36. The number of nitrogens with one attached hydrogen (secondary N) is 1. The summed E-state index contributed by atoms with van der Waals surface area (Å²) in [7, 11) is 3.44. The van der Waals surface area contributed by atoms with Crippen molar-refractivity contribution in [2.75, 3.05) is 47.7 Å². The first-order valence-electron chi connectivity index (χ1n) is 26.9. The van der Waals surface area contributed by atoms with Gasteiger partial charge in [-0.2, -0.15) is 4.39 Å². The van der Waals surface area contributed by atoms with E-state index >= 15 is 4.39 Å². The first kappa shape index (κ1) is 65.0. The lowest BCUT2D eigenvalue weighted by atomic mass is 9.90. The minimum Gasteiger partial charge on any atom is -0.481 e. The summed E-state index contributed by atoms with van der Waals surface area (Å²) < 4.78 is 106. The minimum absolute atomic E-state index is 0. The monoisotopic (exact) mass is 1230 g/mol. The van der Waals surface area contributed by atoms with Crippen LogP contribution in [0.4, 0.5) is 19.1 Å². The van der Waals surface area contributed by atoms with Gasteiger partial charge in [0.15, 0.2) is 19.7 Å². The molecule has 16 nitrogen and oxygen atoms in total. The Kier molecular flexibility index (Phi) is 21.7. The molecule has 2 saturated carbocycles. The van der Waals surface area contributed by atoms with Gasteiger partial charge in [-0.05, 0) is 176 Å². The molecule has 0 radical (unpaired) electrons. The second-order valence-corrected chi connectivity index (χ2v) is 26.0. The number of ether oxygens (including phenoxy) is 2. The van der Waals surface area contributed by atoms with Crippen molar-refractivity contribution in [1.29, 1.82) is 0 Å². The Bertz CT molecular complexity index is 3870. The second kappa shape index (κ2) is 28.1. The average molecular weight is 1230 g/mol. The van der Waals surface area contributed by atoms with Crippen LogP contribution in [0.1, 0.15) is 81.3 Å². The zero-order valence-electron chi connectivity index (χ0n) is 47.4. The van der Waals surface area contributed by atoms with Crippen molar-refractivity contribution in [3.8, 4) is 34.0 Å². The zero-order chi connectivity index (χ0) is 59.9. The van der Waals surface area contributed by atoms with E-state index in [0.717, 1.165) is 54.3 Å². The van der Waals surface area contributed by atoms with Crippen LogP contribution in [0.2, 0.25) is 10.0 Å². The number of rotatable bonds is 14. The summed E-state index contributed by atoms with van der Waals surface area (Å²) in [4.78, 5) is 29.5. The van der Waals surface area contributed by atoms with Crippen LogP contribution in [-0.2, 0) is 31.2 Å². The van der Waals surface area contributed by atoms with Crippen molar-refractivity contribution < 1.29 is 39.5 Å². The first-order valence-corrected chi connectivity index (χ1v) is 31.0. The smallest absolute Gasteiger partial charge is 0.309 e. The Hall–Kier alpha value is -6.59. The largest absolute Gasteiger partial charge is 0.481 e. The third-order valence-corrected chi connectivity index (χ3v) is 19.2. The van der Waals surface area contributed by atoms with Crippen LogP contribution < -0.4 is 20.5 Å². The molecule has 2 fully saturated rings. The number of nitrogens with zero attached hydrogens (tertiary/aromatic N) is 8. The van der Waals surface area contributed by atoms with Crippen LogP contribution in [-0.4, -0.2) is 123 Å². The number of aryl methyl sites for hydroxylation is 2. The van der Waals surface area contributed by atoms with Crippen molar-refractivity contribution in [3.63, 3.8) is 0 Å². The zero-order valence-corrected chi connectivity index (χ0v) is 50.6. The maximum absolute atomic E-state index is 15.3. The van der Waals surface area contributed by atoms with Gasteiger partial charge < -0.3 is 30.3 Å². The topological polar surface area (TPSA) is 209 Å². The van der Waals surface area contributed by atoms with Gasteiger partial charge in [-0.3, -0.25) is 0 Å². The van der Waals surface area contributed by atoms with E-state index in [1.165, 1.54) is 82.5 Å². The molecule has 448 valence electrons. The molecule has 8 aromatic rings. The van der Waals surface area contributed by atoms with Gasteiger partial charge in [-0.25, -0.2) is 55.5 Å². The van der Waals surface area contributed by atoms with Gasteiger partial charge in [0, 0.05) is 58.5 Å². The molecule has 4 aromatic heterocycles. The molecule has 0 unspecified atom stereocenters. The van der Waals surface area contributed by atoms with E-state index in [9.17, 15) is 25.6 Å². The number of nitrogens with two attached hydrogens (primary N) is 1. The molecule has 4 aromatic carbocycles. The highest BCUT2D eigenvalue weighted by atomic mass is 35.5. The average Bonchev–Trinajstić information content (AvgIpc) is 3.62. The van der Waals surface area contributed by atoms with E-state index in [4.69, 9.17) is 43.4 Å². The maximum atomic E-state index is 15.3. The molecule has 2 aliphatic rings. The van der Waals surface area contributed by atoms with Gasteiger partial charge in [-0.15, -0.1) is 0 Å². The fourth-order valence-corrected chi connectivity index (χ4v) is 14.1. The highest BCUT2D eigenvalue weighted by Gasteiger charge is 2.27. The van der Waals surface area contributed by atoms with Gasteiger partial charge in [0.1, 0.15) is 23.1 Å². The molecule has 3 N–H and O–H groups in total. The number of anilines is 1. The van der Waals surface area contributed by atoms with E-state index in [1.54, 1.807) is 43.5 Å². The summed E-state index contributed by atoms with van der Waals surface area (Å²) in [5, 5.41) is 4.94. The van der Waals surface area contributed by atoms with E-state index in [1.807, 2.05) is 19.1 Å². The fraction of sp³-hybridized carbons (Fsp3) is 0.377. The highest BCUT2D eigenvalue weighted by molar-refractivity contribution is 7.91. The third kappa shape index (κ3) is 15.6. The van der Waals surface area contributed by atoms with Crippen molar-refractivity contribution in [2.45, 2.75) is 118 Å². The molecular formula is C61H71Cl2F3N10O6S2. The molecule has 0 amide bonds. The number of hydrogen-bond donors (Lipinski definition) is 2. The summed E-state index contributed by atoms with van der Waals surface area (Å²) in [6.07, 6.45) is 11.6. The van der Waals surface area contributed by atoms with E-state index in [2.05, 4.69) is 68.2 Å². The number of halogens is 5. The first-order chi connectivity index (χ1) is 39.4. The van der Waals surface area contributed by atoms with Gasteiger partial charge in [0.05, 0.1) is 56.5 Å². The van der Waals surface area contributed by atoms with E-state index in [-0.39, 0.29) is 50.4 Å². The van der Waals surface area contributed by atoms with Crippen molar-refractivity contribution >= 4 is 70.6 Å². The number of pyridine rings is 2. The predicted octanol–water partition coefficient (Wildman–Crippen LogP) is 12.4. The molecular weight excluding hydrogens is 1160 g/mol. The highest BCUT2D eigenvalue weighted by Crippen LogP contribution is 2.37. The Balaban J connectivity index is 0.000000209. The number of fused-ring (bicyclic) bond motifs is 2. The van der Waals surface area contributed by atoms with E-state index in [0.29, 0.717) is 62.8 Å². The number of hydrogen-bond acceptors (Lipinski definition) is 16. The third-order valence-electron chi connectivity index (χ3n) is 15.0. The van der Waals surface area contributed by atoms with Gasteiger partial charge in [-0.1, -0.05) is 54.9 Å². The molecule has 0 bridgehead atoms. The quantitative estimate of drug-likeness (QED) is 0.0970. The normalized spacial score (nSPS) is 17.2. The molecule has 0 spiro atoms. The summed E-state index contributed by atoms with van der Waals surface area (Å²) >= 11 is 12.1. The van der Waals surface area contributed by atoms with Gasteiger partial charge >= 0.3 is 6.08 Å². The number of aromatic nitrogens is 6. The Morgan fingerprint density at radius 3 is 1.44 bits per heavy atom. The summed E-state index contributed by atoms with van der Waals surface area (Å²) in [6, 6.07) is 23.7. The number of methoxy groups -OCH3 is 2.